The monoisotopic (exact) mass is 181 g/mol. The molecule has 0 fully saturated rings. The van der Waals surface area contributed by atoms with Crippen LogP contribution in [0.15, 0.2) is 24.3 Å². The molecule has 0 radical (unpaired) electrons. The van der Waals surface area contributed by atoms with Gasteiger partial charge in [-0.15, -0.1) is 0 Å². The van der Waals surface area contributed by atoms with Gasteiger partial charge in [-0.1, -0.05) is 24.3 Å². The van der Waals surface area contributed by atoms with Crippen LogP contribution in [0.25, 0.3) is 0 Å². The van der Waals surface area contributed by atoms with Crippen LogP contribution in [0.3, 0.4) is 0 Å². The van der Waals surface area contributed by atoms with E-state index < -0.39 is 11.6 Å². The number of aliphatic hydroxyl groups excluding tert-OH is 2. The van der Waals surface area contributed by atoms with Gasteiger partial charge in [0, 0.05) is 13.1 Å². The second-order valence-corrected chi connectivity index (χ2v) is 3.66. The first-order valence-electron chi connectivity index (χ1n) is 4.68. The minimum absolute atomic E-state index is 0.0188. The molecule has 0 unspecified atom stereocenters. The zero-order valence-electron chi connectivity index (χ0n) is 7.56. The summed E-state index contributed by atoms with van der Waals surface area (Å²) < 4.78 is 0. The van der Waals surface area contributed by atoms with E-state index in [1.807, 2.05) is 18.2 Å². The van der Waals surface area contributed by atoms with Crippen molar-refractivity contribution >= 4 is 0 Å². The molecule has 3 nitrogen and oxygen atoms in total. The molecule has 2 aliphatic rings. The lowest BCUT2D eigenvalue weighted by Gasteiger charge is -2.46. The van der Waals surface area contributed by atoms with Gasteiger partial charge in [-0.05, 0) is 6.42 Å². The van der Waals surface area contributed by atoms with Crippen LogP contribution >= 0.6 is 0 Å². The molecule has 2 heterocycles. The molecule has 13 heavy (non-hydrogen) atoms. The first kappa shape index (κ1) is 8.94. The SMILES string of the molecule is OC[C@]12C=CCCN1CC=C[C@H]2O. The molecule has 0 amide bonds. The van der Waals surface area contributed by atoms with Crippen molar-refractivity contribution in [3.05, 3.63) is 24.3 Å². The summed E-state index contributed by atoms with van der Waals surface area (Å²) >= 11 is 0. The van der Waals surface area contributed by atoms with E-state index in [1.54, 1.807) is 6.08 Å². The van der Waals surface area contributed by atoms with E-state index in [0.29, 0.717) is 0 Å². The van der Waals surface area contributed by atoms with Crippen LogP contribution in [-0.4, -0.2) is 46.5 Å². The Morgan fingerprint density at radius 3 is 3.00 bits per heavy atom. The highest BCUT2D eigenvalue weighted by Gasteiger charge is 2.42. The lowest BCUT2D eigenvalue weighted by molar-refractivity contribution is -0.0185. The smallest absolute Gasteiger partial charge is 0.0963 e. The summed E-state index contributed by atoms with van der Waals surface area (Å²) in [6, 6.07) is 0. The molecule has 2 N–H and O–H groups in total. The van der Waals surface area contributed by atoms with E-state index in [2.05, 4.69) is 4.90 Å². The Hall–Kier alpha value is -0.640. The third-order valence-electron chi connectivity index (χ3n) is 2.97. The quantitative estimate of drug-likeness (QED) is 0.556. The van der Waals surface area contributed by atoms with Crippen LogP contribution in [0.1, 0.15) is 6.42 Å². The standard InChI is InChI=1S/C10H15NO2/c12-8-10-5-1-2-6-11(10)7-3-4-9(10)13/h1,3-5,9,12-13H,2,6-8H2/t9-,10+/m1/s1. The normalized spacial score (nSPS) is 39.1. The maximum Gasteiger partial charge on any atom is 0.0963 e. The minimum Gasteiger partial charge on any atom is -0.394 e. The van der Waals surface area contributed by atoms with Gasteiger partial charge >= 0.3 is 0 Å². The molecular weight excluding hydrogens is 166 g/mol. The Morgan fingerprint density at radius 2 is 2.31 bits per heavy atom. The fraction of sp³-hybridized carbons (Fsp3) is 0.600. The van der Waals surface area contributed by atoms with E-state index in [-0.39, 0.29) is 6.61 Å². The summed E-state index contributed by atoms with van der Waals surface area (Å²) in [6.45, 7) is 1.72. The molecule has 0 spiro atoms. The van der Waals surface area contributed by atoms with Crippen molar-refractivity contribution in [2.45, 2.75) is 18.1 Å². The Bertz CT molecular complexity index is 249. The minimum atomic E-state index is -0.581. The number of hydrogen-bond donors (Lipinski definition) is 2. The maximum absolute atomic E-state index is 9.82. The molecule has 2 atom stereocenters. The van der Waals surface area contributed by atoms with Gasteiger partial charge in [-0.25, -0.2) is 0 Å². The molecule has 0 saturated heterocycles. The van der Waals surface area contributed by atoms with E-state index >= 15 is 0 Å². The largest absolute Gasteiger partial charge is 0.394 e. The van der Waals surface area contributed by atoms with Gasteiger partial charge in [0.15, 0.2) is 0 Å². The molecule has 0 aromatic heterocycles. The molecule has 0 aromatic rings. The fourth-order valence-corrected chi connectivity index (χ4v) is 2.11. The van der Waals surface area contributed by atoms with Gasteiger partial charge in [0.1, 0.15) is 0 Å². The molecular formula is C10H15NO2. The maximum atomic E-state index is 9.82. The number of hydrogen-bond acceptors (Lipinski definition) is 3. The molecule has 2 rings (SSSR count). The van der Waals surface area contributed by atoms with Gasteiger partial charge in [0.2, 0.25) is 0 Å². The van der Waals surface area contributed by atoms with Crippen molar-refractivity contribution in [1.29, 1.82) is 0 Å². The highest BCUT2D eigenvalue weighted by Crippen LogP contribution is 2.29. The van der Waals surface area contributed by atoms with Crippen LogP contribution in [0, 0.1) is 0 Å². The molecule has 0 bridgehead atoms. The highest BCUT2D eigenvalue weighted by atomic mass is 16.3. The molecule has 0 saturated carbocycles. The van der Waals surface area contributed by atoms with Crippen LogP contribution in [0.5, 0.6) is 0 Å². The Labute approximate surface area is 78.0 Å². The van der Waals surface area contributed by atoms with E-state index in [4.69, 9.17) is 0 Å². The van der Waals surface area contributed by atoms with E-state index in [0.717, 1.165) is 19.5 Å². The van der Waals surface area contributed by atoms with Crippen LogP contribution in [0.4, 0.5) is 0 Å². The zero-order chi connectivity index (χ0) is 9.31. The predicted molar refractivity (Wildman–Crippen MR) is 50.3 cm³/mol. The topological polar surface area (TPSA) is 43.7 Å². The Balaban J connectivity index is 2.35. The van der Waals surface area contributed by atoms with Crippen molar-refractivity contribution in [2.24, 2.45) is 0 Å². The first-order chi connectivity index (χ1) is 6.29. The summed E-state index contributed by atoms with van der Waals surface area (Å²) in [6.07, 6.45) is 8.12. The van der Waals surface area contributed by atoms with Gasteiger partial charge in [-0.2, -0.15) is 0 Å². The van der Waals surface area contributed by atoms with Crippen LogP contribution in [-0.2, 0) is 0 Å². The van der Waals surface area contributed by atoms with Gasteiger partial charge in [-0.3, -0.25) is 4.90 Å². The van der Waals surface area contributed by atoms with Crippen LogP contribution in [0.2, 0.25) is 0 Å². The number of fused-ring (bicyclic) bond motifs is 1. The van der Waals surface area contributed by atoms with Crippen molar-refractivity contribution < 1.29 is 10.2 Å². The summed E-state index contributed by atoms with van der Waals surface area (Å²) in [4.78, 5) is 2.12. The number of aliphatic hydroxyl groups is 2. The highest BCUT2D eigenvalue weighted by molar-refractivity contribution is 5.23. The fourth-order valence-electron chi connectivity index (χ4n) is 2.11. The van der Waals surface area contributed by atoms with Crippen LogP contribution < -0.4 is 0 Å². The Kier molecular flexibility index (Phi) is 2.24. The summed E-state index contributed by atoms with van der Waals surface area (Å²) in [7, 11) is 0. The van der Waals surface area contributed by atoms with Gasteiger partial charge < -0.3 is 10.2 Å². The summed E-state index contributed by atoms with van der Waals surface area (Å²) in [5.74, 6) is 0. The molecule has 3 heteroatoms. The average Bonchev–Trinajstić information content (AvgIpc) is 2.19. The lowest BCUT2D eigenvalue weighted by atomic mass is 9.85. The number of nitrogens with zero attached hydrogens (tertiary/aromatic N) is 1. The van der Waals surface area contributed by atoms with Crippen molar-refractivity contribution in [3.8, 4) is 0 Å². The predicted octanol–water partition coefficient (Wildman–Crippen LogP) is -0.0899. The summed E-state index contributed by atoms with van der Waals surface area (Å²) in [5, 5.41) is 19.2. The molecule has 2 aliphatic heterocycles. The molecule has 72 valence electrons. The Morgan fingerprint density at radius 1 is 1.46 bits per heavy atom. The average molecular weight is 181 g/mol. The van der Waals surface area contributed by atoms with Gasteiger partial charge in [0.05, 0.1) is 18.2 Å². The van der Waals surface area contributed by atoms with E-state index in [1.165, 1.54) is 0 Å². The van der Waals surface area contributed by atoms with Crippen molar-refractivity contribution in [3.63, 3.8) is 0 Å². The third kappa shape index (κ3) is 1.24. The lowest BCUT2D eigenvalue weighted by Crippen LogP contribution is -2.60. The molecule has 0 aliphatic carbocycles. The second-order valence-electron chi connectivity index (χ2n) is 3.66. The number of rotatable bonds is 1. The van der Waals surface area contributed by atoms with Gasteiger partial charge in [0.25, 0.3) is 0 Å². The van der Waals surface area contributed by atoms with E-state index in [9.17, 15) is 10.2 Å². The third-order valence-corrected chi connectivity index (χ3v) is 2.97. The van der Waals surface area contributed by atoms with Crippen molar-refractivity contribution in [2.75, 3.05) is 19.7 Å². The first-order valence-corrected chi connectivity index (χ1v) is 4.68. The second kappa shape index (κ2) is 3.25. The zero-order valence-corrected chi connectivity index (χ0v) is 7.56. The van der Waals surface area contributed by atoms with Crippen molar-refractivity contribution in [1.82, 2.24) is 4.90 Å². The molecule has 0 aromatic carbocycles. The summed E-state index contributed by atoms with van der Waals surface area (Å²) in [5.41, 5.74) is -0.549.